The molecule has 39 heavy (non-hydrogen) atoms. The van der Waals surface area contributed by atoms with E-state index in [0.29, 0.717) is 35.6 Å². The number of piperidine rings is 1. The summed E-state index contributed by atoms with van der Waals surface area (Å²) in [5, 5.41) is 3.22. The molecule has 1 aliphatic rings. The third-order valence-electron chi connectivity index (χ3n) is 6.71. The van der Waals surface area contributed by atoms with Gasteiger partial charge in [-0.2, -0.15) is 4.31 Å². The van der Waals surface area contributed by atoms with Gasteiger partial charge in [0.1, 0.15) is 17.1 Å². The number of amides is 1. The molecule has 1 amide bonds. The van der Waals surface area contributed by atoms with Crippen LogP contribution in [0.15, 0.2) is 64.5 Å². The van der Waals surface area contributed by atoms with Gasteiger partial charge in [-0.3, -0.25) is 14.2 Å². The number of anilines is 1. The van der Waals surface area contributed by atoms with Crippen molar-refractivity contribution >= 4 is 43.2 Å². The highest BCUT2D eigenvalue weighted by atomic mass is 32.2. The predicted octanol–water partition coefficient (Wildman–Crippen LogP) is 4.65. The average Bonchev–Trinajstić information content (AvgIpc) is 3.28. The molecule has 5 rings (SSSR count). The van der Waals surface area contributed by atoms with E-state index in [1.165, 1.54) is 38.7 Å². The first-order valence-corrected chi connectivity index (χ1v) is 15.2. The zero-order valence-corrected chi connectivity index (χ0v) is 23.5. The molecule has 0 aliphatic carbocycles. The van der Waals surface area contributed by atoms with Crippen LogP contribution in [0.2, 0.25) is 0 Å². The largest absolute Gasteiger partial charge is 0.494 e. The number of ether oxygens (including phenoxy) is 1. The van der Waals surface area contributed by atoms with Crippen molar-refractivity contribution in [1.29, 1.82) is 0 Å². The minimum Gasteiger partial charge on any atom is -0.494 e. The van der Waals surface area contributed by atoms with Gasteiger partial charge in [0.05, 0.1) is 23.2 Å². The highest BCUT2D eigenvalue weighted by molar-refractivity contribution is 7.89. The number of hydrogen-bond donors (Lipinski definition) is 1. The van der Waals surface area contributed by atoms with Crippen molar-refractivity contribution in [2.24, 2.45) is 0 Å². The summed E-state index contributed by atoms with van der Waals surface area (Å²) >= 11 is 1.44. The van der Waals surface area contributed by atoms with E-state index in [4.69, 9.17) is 4.74 Å². The molecule has 3 heterocycles. The fraction of sp³-hybridized carbons (Fsp3) is 0.321. The topological polar surface area (TPSA) is 111 Å². The number of rotatable bonds is 8. The van der Waals surface area contributed by atoms with Crippen molar-refractivity contribution in [3.8, 4) is 16.9 Å². The lowest BCUT2D eigenvalue weighted by Gasteiger charge is -2.25. The van der Waals surface area contributed by atoms with Crippen LogP contribution in [0.25, 0.3) is 21.3 Å². The van der Waals surface area contributed by atoms with Gasteiger partial charge < -0.3 is 10.1 Å². The molecule has 1 fully saturated rings. The molecule has 0 unspecified atom stereocenters. The number of sulfonamides is 1. The Morgan fingerprint density at radius 2 is 1.74 bits per heavy atom. The maximum absolute atomic E-state index is 13.5. The van der Waals surface area contributed by atoms with E-state index >= 15 is 0 Å². The number of nitrogens with one attached hydrogen (secondary N) is 1. The zero-order valence-electron chi connectivity index (χ0n) is 21.8. The van der Waals surface area contributed by atoms with E-state index in [1.807, 2.05) is 38.1 Å². The fourth-order valence-corrected chi connectivity index (χ4v) is 7.32. The molecule has 0 radical (unpaired) electrons. The van der Waals surface area contributed by atoms with E-state index < -0.39 is 15.9 Å². The SMILES string of the molecule is CCOc1ccc(-c2c(C)sc3ncn(CC(=O)Nc4ccc(S(=O)(=O)N5CCCCC5)cc4)c(=O)c23)cc1. The molecule has 1 N–H and O–H groups in total. The van der Waals surface area contributed by atoms with Gasteiger partial charge in [-0.15, -0.1) is 11.3 Å². The number of fused-ring (bicyclic) bond motifs is 1. The predicted molar refractivity (Wildman–Crippen MR) is 153 cm³/mol. The maximum Gasteiger partial charge on any atom is 0.263 e. The van der Waals surface area contributed by atoms with Crippen molar-refractivity contribution in [2.45, 2.75) is 44.6 Å². The first-order valence-electron chi connectivity index (χ1n) is 12.9. The van der Waals surface area contributed by atoms with Crippen LogP contribution >= 0.6 is 11.3 Å². The standard InChI is InChI=1S/C28H30N4O5S2/c1-3-37-22-11-7-20(8-12-22)25-19(2)38-27-26(25)28(34)31(18-29-27)17-24(33)30-21-9-13-23(14-10-21)39(35,36)32-15-5-4-6-16-32/h7-14,18H,3-6,15-17H2,1-2H3,(H,30,33). The Balaban J connectivity index is 1.34. The third-order valence-corrected chi connectivity index (χ3v) is 9.64. The summed E-state index contributed by atoms with van der Waals surface area (Å²) in [4.78, 5) is 32.5. The summed E-state index contributed by atoms with van der Waals surface area (Å²) in [6.07, 6.45) is 4.15. The quantitative estimate of drug-likeness (QED) is 0.333. The van der Waals surface area contributed by atoms with Crippen LogP contribution in [0.3, 0.4) is 0 Å². The second-order valence-electron chi connectivity index (χ2n) is 9.39. The van der Waals surface area contributed by atoms with E-state index in [1.54, 1.807) is 12.1 Å². The Bertz CT molecular complexity index is 1650. The van der Waals surface area contributed by atoms with Crippen LogP contribution < -0.4 is 15.6 Å². The van der Waals surface area contributed by atoms with E-state index in [9.17, 15) is 18.0 Å². The smallest absolute Gasteiger partial charge is 0.263 e. The van der Waals surface area contributed by atoms with E-state index in [2.05, 4.69) is 10.3 Å². The molecule has 2 aromatic heterocycles. The first-order chi connectivity index (χ1) is 18.8. The number of hydrogen-bond acceptors (Lipinski definition) is 7. The van der Waals surface area contributed by atoms with Gasteiger partial charge in [0, 0.05) is 29.2 Å². The minimum atomic E-state index is -3.55. The molecule has 0 saturated carbocycles. The molecule has 1 aliphatic heterocycles. The molecule has 0 atom stereocenters. The van der Waals surface area contributed by atoms with Gasteiger partial charge in [0.15, 0.2) is 0 Å². The van der Waals surface area contributed by atoms with Gasteiger partial charge in [-0.1, -0.05) is 18.6 Å². The van der Waals surface area contributed by atoms with Crippen molar-refractivity contribution in [2.75, 3.05) is 25.0 Å². The molecule has 1 saturated heterocycles. The van der Waals surface area contributed by atoms with Gasteiger partial charge >= 0.3 is 0 Å². The summed E-state index contributed by atoms with van der Waals surface area (Å²) < 4.78 is 34.1. The van der Waals surface area contributed by atoms with E-state index in [-0.39, 0.29) is 17.0 Å². The Morgan fingerprint density at radius 3 is 2.41 bits per heavy atom. The summed E-state index contributed by atoms with van der Waals surface area (Å²) in [6, 6.07) is 13.7. The van der Waals surface area contributed by atoms with Crippen LogP contribution in [0.5, 0.6) is 5.75 Å². The highest BCUT2D eigenvalue weighted by Crippen LogP contribution is 2.36. The van der Waals surface area contributed by atoms with Crippen LogP contribution in [-0.2, 0) is 21.4 Å². The Morgan fingerprint density at radius 1 is 1.05 bits per heavy atom. The van der Waals surface area contributed by atoms with Gasteiger partial charge in [0.25, 0.3) is 5.56 Å². The van der Waals surface area contributed by atoms with Crippen molar-refractivity contribution in [3.63, 3.8) is 0 Å². The number of benzene rings is 2. The van der Waals surface area contributed by atoms with Gasteiger partial charge in [-0.25, -0.2) is 13.4 Å². The Labute approximate surface area is 231 Å². The number of carbonyl (C=O) groups is 1. The maximum atomic E-state index is 13.5. The third kappa shape index (κ3) is 5.61. The lowest BCUT2D eigenvalue weighted by atomic mass is 10.0. The average molecular weight is 567 g/mol. The Kier molecular flexibility index (Phi) is 7.83. The monoisotopic (exact) mass is 566 g/mol. The second-order valence-corrected chi connectivity index (χ2v) is 12.5. The summed E-state index contributed by atoms with van der Waals surface area (Å²) in [5.41, 5.74) is 1.83. The molecular weight excluding hydrogens is 536 g/mol. The molecule has 2 aromatic carbocycles. The molecule has 4 aromatic rings. The number of carbonyl (C=O) groups excluding carboxylic acids is 1. The molecule has 11 heteroatoms. The fourth-order valence-electron chi connectivity index (χ4n) is 4.80. The first kappa shape index (κ1) is 27.0. The number of aromatic nitrogens is 2. The molecule has 204 valence electrons. The van der Waals surface area contributed by atoms with Crippen LogP contribution in [0.4, 0.5) is 5.69 Å². The number of thiophene rings is 1. The highest BCUT2D eigenvalue weighted by Gasteiger charge is 2.26. The summed E-state index contributed by atoms with van der Waals surface area (Å²) in [6.45, 7) is 5.26. The van der Waals surface area contributed by atoms with Gasteiger partial charge in [-0.05, 0) is 68.7 Å². The van der Waals surface area contributed by atoms with Crippen LogP contribution in [-0.4, -0.2) is 47.9 Å². The summed E-state index contributed by atoms with van der Waals surface area (Å²) in [5.74, 6) is 0.335. The normalized spacial score (nSPS) is 14.4. The zero-order chi connectivity index (χ0) is 27.6. The molecule has 0 bridgehead atoms. The molecular formula is C28H30N4O5S2. The Hall–Kier alpha value is -3.54. The van der Waals surface area contributed by atoms with Crippen molar-refractivity contribution in [3.05, 3.63) is 70.1 Å². The minimum absolute atomic E-state index is 0.197. The molecule has 9 nitrogen and oxygen atoms in total. The number of aryl methyl sites for hydroxylation is 1. The molecule has 0 spiro atoms. The van der Waals surface area contributed by atoms with Gasteiger partial charge in [0.2, 0.25) is 15.9 Å². The lowest BCUT2D eigenvalue weighted by molar-refractivity contribution is -0.116. The van der Waals surface area contributed by atoms with Crippen LogP contribution in [0, 0.1) is 6.92 Å². The van der Waals surface area contributed by atoms with E-state index in [0.717, 1.165) is 41.0 Å². The second kappa shape index (κ2) is 11.3. The van der Waals surface area contributed by atoms with Crippen molar-refractivity contribution < 1.29 is 17.9 Å². The number of nitrogens with zero attached hydrogens (tertiary/aromatic N) is 3. The lowest BCUT2D eigenvalue weighted by Crippen LogP contribution is -2.35. The van der Waals surface area contributed by atoms with Crippen LogP contribution in [0.1, 0.15) is 31.1 Å². The van der Waals surface area contributed by atoms with Crippen molar-refractivity contribution in [1.82, 2.24) is 13.9 Å². The summed E-state index contributed by atoms with van der Waals surface area (Å²) in [7, 11) is -3.55.